The number of Topliss-reactive ketones (excluding diaryl/α,β-unsaturated/α-hetero) is 1. The molecule has 0 aromatic rings. The molecule has 4 atom stereocenters. The van der Waals surface area contributed by atoms with Crippen molar-refractivity contribution in [2.24, 2.45) is 0 Å². The van der Waals surface area contributed by atoms with Gasteiger partial charge in [0.15, 0.2) is 5.78 Å². The van der Waals surface area contributed by atoms with Crippen molar-refractivity contribution in [2.75, 3.05) is 13.1 Å². The number of ketones is 1. The molecular weight excluding hydrogens is 242 g/mol. The number of hydrogen-bond acceptors (Lipinski definition) is 6. The van der Waals surface area contributed by atoms with Gasteiger partial charge >= 0.3 is 5.97 Å². The Morgan fingerprint density at radius 3 is 2.44 bits per heavy atom. The summed E-state index contributed by atoms with van der Waals surface area (Å²) >= 11 is 0. The van der Waals surface area contributed by atoms with Crippen molar-refractivity contribution in [1.82, 2.24) is 4.90 Å². The van der Waals surface area contributed by atoms with Crippen LogP contribution >= 0.6 is 0 Å². The number of carbonyl (C=O) groups excluding carboxylic acids is 1. The molecule has 1 heterocycles. The van der Waals surface area contributed by atoms with E-state index in [2.05, 4.69) is 0 Å². The standard InChI is InChI=1S/C11H19NO6/c1-6(13)9(15)10(16)8(14)5-12-4-2-3-7(12)11(17)18/h6-7,9-10,13,15-16H,2-5H2,1H3,(H,17,18)/t6-,7-,9-,10-/m0/s1. The van der Waals surface area contributed by atoms with Crippen LogP contribution in [0.25, 0.3) is 0 Å². The Kier molecular flexibility index (Phi) is 5.21. The van der Waals surface area contributed by atoms with Crippen molar-refractivity contribution in [3.63, 3.8) is 0 Å². The summed E-state index contributed by atoms with van der Waals surface area (Å²) in [5.41, 5.74) is 0. The van der Waals surface area contributed by atoms with E-state index in [1.165, 1.54) is 11.8 Å². The molecule has 104 valence electrons. The molecule has 0 amide bonds. The quantitative estimate of drug-likeness (QED) is 0.446. The minimum atomic E-state index is -1.69. The zero-order valence-electron chi connectivity index (χ0n) is 10.2. The van der Waals surface area contributed by atoms with E-state index in [1.807, 2.05) is 0 Å². The SMILES string of the molecule is C[C@H](O)[C@H](O)[C@@H](O)C(=O)CN1CCC[C@H]1C(=O)O. The van der Waals surface area contributed by atoms with Crippen LogP contribution in [0, 0.1) is 0 Å². The number of likely N-dealkylation sites (tertiary alicyclic amines) is 1. The molecule has 1 aliphatic rings. The summed E-state index contributed by atoms with van der Waals surface area (Å²) in [5, 5.41) is 36.9. The van der Waals surface area contributed by atoms with Crippen LogP contribution in [0.4, 0.5) is 0 Å². The van der Waals surface area contributed by atoms with E-state index >= 15 is 0 Å². The minimum absolute atomic E-state index is 0.234. The molecular formula is C11H19NO6. The van der Waals surface area contributed by atoms with Crippen LogP contribution in [-0.2, 0) is 9.59 Å². The fraction of sp³-hybridized carbons (Fsp3) is 0.818. The Hall–Kier alpha value is -1.02. The molecule has 0 radical (unpaired) electrons. The van der Waals surface area contributed by atoms with Crippen molar-refractivity contribution in [2.45, 2.75) is 44.1 Å². The smallest absolute Gasteiger partial charge is 0.320 e. The summed E-state index contributed by atoms with van der Waals surface area (Å²) in [6, 6.07) is -0.718. The van der Waals surface area contributed by atoms with Crippen LogP contribution in [0.2, 0.25) is 0 Å². The molecule has 1 aliphatic heterocycles. The van der Waals surface area contributed by atoms with Gasteiger partial charge in [0.2, 0.25) is 0 Å². The lowest BCUT2D eigenvalue weighted by Crippen LogP contribution is -2.47. The van der Waals surface area contributed by atoms with Gasteiger partial charge in [-0.15, -0.1) is 0 Å². The van der Waals surface area contributed by atoms with Crippen molar-refractivity contribution in [1.29, 1.82) is 0 Å². The van der Waals surface area contributed by atoms with Gasteiger partial charge in [-0.1, -0.05) is 0 Å². The molecule has 4 N–H and O–H groups in total. The molecule has 0 spiro atoms. The summed E-state index contributed by atoms with van der Waals surface area (Å²) in [6.07, 6.45) is -3.32. The maximum atomic E-state index is 11.7. The highest BCUT2D eigenvalue weighted by Crippen LogP contribution is 2.17. The summed E-state index contributed by atoms with van der Waals surface area (Å²) in [5.74, 6) is -1.68. The number of aliphatic hydroxyl groups excluding tert-OH is 3. The third-order valence-corrected chi connectivity index (χ3v) is 3.16. The lowest BCUT2D eigenvalue weighted by atomic mass is 10.0. The molecule has 7 heteroatoms. The summed E-state index contributed by atoms with van der Waals surface area (Å²) in [4.78, 5) is 24.0. The van der Waals surface area contributed by atoms with Gasteiger partial charge in [-0.3, -0.25) is 14.5 Å². The number of carboxylic acid groups (broad SMARTS) is 1. The molecule has 18 heavy (non-hydrogen) atoms. The number of nitrogens with zero attached hydrogens (tertiary/aromatic N) is 1. The lowest BCUT2D eigenvalue weighted by Gasteiger charge is -2.24. The van der Waals surface area contributed by atoms with Crippen molar-refractivity contribution < 1.29 is 30.0 Å². The van der Waals surface area contributed by atoms with E-state index in [4.69, 9.17) is 10.2 Å². The zero-order valence-corrected chi connectivity index (χ0v) is 10.2. The molecule has 0 aromatic heterocycles. The number of aliphatic carboxylic acids is 1. The third-order valence-electron chi connectivity index (χ3n) is 3.16. The maximum Gasteiger partial charge on any atom is 0.320 e. The highest BCUT2D eigenvalue weighted by Gasteiger charge is 2.35. The van der Waals surface area contributed by atoms with Gasteiger partial charge in [-0.2, -0.15) is 0 Å². The first kappa shape index (κ1) is 15.0. The number of carboxylic acids is 1. The highest BCUT2D eigenvalue weighted by molar-refractivity contribution is 5.86. The number of hydrogen-bond donors (Lipinski definition) is 4. The molecule has 1 fully saturated rings. The largest absolute Gasteiger partial charge is 0.480 e. The Balaban J connectivity index is 2.56. The van der Waals surface area contributed by atoms with Crippen LogP contribution < -0.4 is 0 Å². The summed E-state index contributed by atoms with van der Waals surface area (Å²) in [6.45, 7) is 1.50. The fourth-order valence-electron chi connectivity index (χ4n) is 2.04. The van der Waals surface area contributed by atoms with Crippen LogP contribution in [0.5, 0.6) is 0 Å². The Labute approximate surface area is 105 Å². The first-order valence-corrected chi connectivity index (χ1v) is 5.88. The Morgan fingerprint density at radius 1 is 1.33 bits per heavy atom. The minimum Gasteiger partial charge on any atom is -0.480 e. The second-order valence-corrected chi connectivity index (χ2v) is 4.61. The predicted octanol–water partition coefficient (Wildman–Crippen LogP) is -1.79. The molecule has 7 nitrogen and oxygen atoms in total. The van der Waals surface area contributed by atoms with Crippen LogP contribution in [0.1, 0.15) is 19.8 Å². The van der Waals surface area contributed by atoms with Crippen molar-refractivity contribution in [3.8, 4) is 0 Å². The van der Waals surface area contributed by atoms with Crippen LogP contribution in [0.3, 0.4) is 0 Å². The van der Waals surface area contributed by atoms with Gasteiger partial charge in [0.25, 0.3) is 0 Å². The Morgan fingerprint density at radius 2 is 1.94 bits per heavy atom. The topological polar surface area (TPSA) is 118 Å². The second kappa shape index (κ2) is 6.24. The normalized spacial score (nSPS) is 25.7. The number of aliphatic hydroxyl groups is 3. The van der Waals surface area contributed by atoms with Gasteiger partial charge in [0.05, 0.1) is 12.6 Å². The van der Waals surface area contributed by atoms with Gasteiger partial charge < -0.3 is 20.4 Å². The van der Waals surface area contributed by atoms with E-state index in [-0.39, 0.29) is 6.54 Å². The molecule has 1 saturated heterocycles. The average Bonchev–Trinajstić information content (AvgIpc) is 2.74. The van der Waals surface area contributed by atoms with E-state index < -0.39 is 36.1 Å². The van der Waals surface area contributed by atoms with Crippen molar-refractivity contribution >= 4 is 11.8 Å². The van der Waals surface area contributed by atoms with E-state index in [0.29, 0.717) is 19.4 Å². The van der Waals surface area contributed by atoms with Gasteiger partial charge in [0, 0.05) is 0 Å². The van der Waals surface area contributed by atoms with E-state index in [1.54, 1.807) is 0 Å². The first-order valence-electron chi connectivity index (χ1n) is 5.88. The monoisotopic (exact) mass is 261 g/mol. The third kappa shape index (κ3) is 3.49. The van der Waals surface area contributed by atoms with Gasteiger partial charge in [-0.05, 0) is 26.3 Å². The molecule has 0 bridgehead atoms. The van der Waals surface area contributed by atoms with Crippen LogP contribution in [-0.4, -0.2) is 74.5 Å². The Bertz CT molecular complexity index is 319. The average molecular weight is 261 g/mol. The molecule has 0 aliphatic carbocycles. The number of rotatable bonds is 6. The molecule has 0 aromatic carbocycles. The predicted molar refractivity (Wildman–Crippen MR) is 60.9 cm³/mol. The molecule has 1 rings (SSSR count). The maximum absolute atomic E-state index is 11.7. The fourth-order valence-corrected chi connectivity index (χ4v) is 2.04. The van der Waals surface area contributed by atoms with Crippen molar-refractivity contribution in [3.05, 3.63) is 0 Å². The lowest BCUT2D eigenvalue weighted by molar-refractivity contribution is -0.144. The molecule has 0 unspecified atom stereocenters. The van der Waals surface area contributed by atoms with Gasteiger partial charge in [-0.25, -0.2) is 0 Å². The second-order valence-electron chi connectivity index (χ2n) is 4.61. The summed E-state index contributed by atoms with van der Waals surface area (Å²) < 4.78 is 0. The zero-order chi connectivity index (χ0) is 13.9. The number of carbonyl (C=O) groups is 2. The van der Waals surface area contributed by atoms with Crippen LogP contribution in [0.15, 0.2) is 0 Å². The first-order chi connectivity index (χ1) is 8.34. The van der Waals surface area contributed by atoms with E-state index in [9.17, 15) is 19.8 Å². The summed E-state index contributed by atoms with van der Waals surface area (Å²) in [7, 11) is 0. The molecule has 0 saturated carbocycles. The highest BCUT2D eigenvalue weighted by atomic mass is 16.4. The van der Waals surface area contributed by atoms with E-state index in [0.717, 1.165) is 0 Å². The van der Waals surface area contributed by atoms with Gasteiger partial charge in [0.1, 0.15) is 18.2 Å².